The number of thiophene rings is 1. The van der Waals surface area contributed by atoms with Crippen molar-refractivity contribution in [2.24, 2.45) is 0 Å². The van der Waals surface area contributed by atoms with Gasteiger partial charge in [0.2, 0.25) is 0 Å². The Balaban J connectivity index is 1.88. The summed E-state index contributed by atoms with van der Waals surface area (Å²) >= 11 is 3.44. The maximum absolute atomic E-state index is 4.54. The van der Waals surface area contributed by atoms with E-state index >= 15 is 0 Å². The first kappa shape index (κ1) is 12.7. The van der Waals surface area contributed by atoms with E-state index < -0.39 is 0 Å². The molecule has 0 aromatic carbocycles. The fraction of sp³-hybridized carbons (Fsp3) is 0.286. The van der Waals surface area contributed by atoms with Gasteiger partial charge in [-0.2, -0.15) is 0 Å². The van der Waals surface area contributed by atoms with E-state index in [9.17, 15) is 0 Å². The van der Waals surface area contributed by atoms with Crippen LogP contribution in [0.25, 0.3) is 10.2 Å². The van der Waals surface area contributed by atoms with Crippen LogP contribution < -0.4 is 5.32 Å². The summed E-state index contributed by atoms with van der Waals surface area (Å²) in [6, 6.07) is 4.55. The number of pyridine rings is 1. The molecule has 3 aromatic rings. The average molecular weight is 289 g/mol. The van der Waals surface area contributed by atoms with Gasteiger partial charge in [0.25, 0.3) is 0 Å². The number of thiazole rings is 1. The molecule has 3 rings (SSSR count). The molecule has 98 valence electrons. The van der Waals surface area contributed by atoms with Gasteiger partial charge in [-0.3, -0.25) is 4.98 Å². The lowest BCUT2D eigenvalue weighted by Gasteiger charge is -2.15. The second-order valence-corrected chi connectivity index (χ2v) is 6.49. The molecular formula is C14H15N3S2. The predicted molar refractivity (Wildman–Crippen MR) is 82.0 cm³/mol. The molecule has 0 spiro atoms. The number of aromatic nitrogens is 2. The molecule has 0 fully saturated rings. The summed E-state index contributed by atoms with van der Waals surface area (Å²) < 4.78 is 1.24. The van der Waals surface area contributed by atoms with Crippen molar-refractivity contribution >= 4 is 32.9 Å². The van der Waals surface area contributed by atoms with E-state index in [4.69, 9.17) is 0 Å². The van der Waals surface area contributed by atoms with E-state index in [-0.39, 0.29) is 6.04 Å². The van der Waals surface area contributed by atoms with Gasteiger partial charge in [-0.15, -0.1) is 22.7 Å². The fourth-order valence-electron chi connectivity index (χ4n) is 2.15. The third-order valence-corrected chi connectivity index (χ3v) is 4.83. The molecule has 5 heteroatoms. The molecule has 3 nitrogen and oxygen atoms in total. The summed E-state index contributed by atoms with van der Waals surface area (Å²) in [5.41, 5.74) is 3.45. The zero-order valence-corrected chi connectivity index (χ0v) is 12.5. The van der Waals surface area contributed by atoms with Gasteiger partial charge in [0.1, 0.15) is 0 Å². The Hall–Kier alpha value is -1.30. The van der Waals surface area contributed by atoms with Crippen molar-refractivity contribution in [3.63, 3.8) is 0 Å². The van der Waals surface area contributed by atoms with Gasteiger partial charge in [-0.05, 0) is 37.0 Å². The molecule has 0 saturated carbocycles. The van der Waals surface area contributed by atoms with Crippen molar-refractivity contribution in [2.75, 3.05) is 7.05 Å². The molecule has 0 aliphatic rings. The van der Waals surface area contributed by atoms with E-state index in [2.05, 4.69) is 38.2 Å². The largest absolute Gasteiger partial charge is 0.313 e. The van der Waals surface area contributed by atoms with E-state index in [1.807, 2.05) is 20.2 Å². The summed E-state index contributed by atoms with van der Waals surface area (Å²) in [7, 11) is 1.99. The van der Waals surface area contributed by atoms with E-state index in [1.54, 1.807) is 22.7 Å². The molecule has 1 atom stereocenters. The number of hydrogen-bond acceptors (Lipinski definition) is 5. The zero-order valence-electron chi connectivity index (χ0n) is 10.9. The highest BCUT2D eigenvalue weighted by molar-refractivity contribution is 7.17. The molecule has 0 amide bonds. The maximum Gasteiger partial charge on any atom is 0.0897 e. The first-order chi connectivity index (χ1) is 9.26. The number of hydrogen-bond donors (Lipinski definition) is 1. The molecule has 0 saturated heterocycles. The standard InChI is InChI=1S/C14H15N3S2/c1-9-17-11(8-19-9)6-13(15-2)10-5-14-12(16-7-10)3-4-18-14/h3-5,7-8,13,15H,6H2,1-2H3. The number of nitrogens with zero attached hydrogens (tertiary/aromatic N) is 2. The Morgan fingerprint density at radius 3 is 3.00 bits per heavy atom. The van der Waals surface area contributed by atoms with Crippen LogP contribution in [0.15, 0.2) is 29.1 Å². The summed E-state index contributed by atoms with van der Waals surface area (Å²) in [6.07, 6.45) is 2.87. The van der Waals surface area contributed by atoms with Gasteiger partial charge in [-0.25, -0.2) is 4.98 Å². The Kier molecular flexibility index (Phi) is 3.59. The highest BCUT2D eigenvalue weighted by atomic mass is 32.1. The number of rotatable bonds is 4. The lowest BCUT2D eigenvalue weighted by atomic mass is 10.0. The molecule has 0 radical (unpaired) electrons. The van der Waals surface area contributed by atoms with Crippen molar-refractivity contribution in [1.29, 1.82) is 0 Å². The van der Waals surface area contributed by atoms with Crippen LogP contribution in [0.1, 0.15) is 22.3 Å². The van der Waals surface area contributed by atoms with E-state index in [0.29, 0.717) is 0 Å². The molecule has 0 bridgehead atoms. The molecule has 0 aliphatic heterocycles. The Morgan fingerprint density at radius 1 is 1.37 bits per heavy atom. The van der Waals surface area contributed by atoms with Crippen LogP contribution in [-0.2, 0) is 6.42 Å². The maximum atomic E-state index is 4.54. The zero-order chi connectivity index (χ0) is 13.2. The van der Waals surface area contributed by atoms with Crippen LogP contribution in [-0.4, -0.2) is 17.0 Å². The SMILES string of the molecule is CNC(Cc1csc(C)n1)c1cnc2ccsc2c1. The lowest BCUT2D eigenvalue weighted by Crippen LogP contribution is -2.19. The summed E-state index contributed by atoms with van der Waals surface area (Å²) in [4.78, 5) is 9.05. The Labute approximate surface area is 120 Å². The lowest BCUT2D eigenvalue weighted by molar-refractivity contribution is 0.584. The number of nitrogens with one attached hydrogen (secondary N) is 1. The molecule has 1 N–H and O–H groups in total. The van der Waals surface area contributed by atoms with Crippen molar-refractivity contribution in [3.05, 3.63) is 45.4 Å². The van der Waals surface area contributed by atoms with Crippen molar-refractivity contribution in [2.45, 2.75) is 19.4 Å². The van der Waals surface area contributed by atoms with Crippen LogP contribution in [0.3, 0.4) is 0 Å². The van der Waals surface area contributed by atoms with Crippen LogP contribution in [0.5, 0.6) is 0 Å². The van der Waals surface area contributed by atoms with E-state index in [0.717, 1.165) is 22.6 Å². The number of aryl methyl sites for hydroxylation is 1. The highest BCUT2D eigenvalue weighted by Gasteiger charge is 2.13. The monoisotopic (exact) mass is 289 g/mol. The third kappa shape index (κ3) is 2.68. The minimum absolute atomic E-state index is 0.264. The molecular weight excluding hydrogens is 274 g/mol. The van der Waals surface area contributed by atoms with Gasteiger partial charge in [-0.1, -0.05) is 0 Å². The van der Waals surface area contributed by atoms with Gasteiger partial charge in [0.15, 0.2) is 0 Å². The van der Waals surface area contributed by atoms with Gasteiger partial charge in [0, 0.05) is 24.0 Å². The van der Waals surface area contributed by atoms with Crippen LogP contribution in [0, 0.1) is 6.92 Å². The topological polar surface area (TPSA) is 37.8 Å². The number of fused-ring (bicyclic) bond motifs is 1. The molecule has 1 unspecified atom stereocenters. The first-order valence-electron chi connectivity index (χ1n) is 6.17. The van der Waals surface area contributed by atoms with Crippen molar-refractivity contribution in [3.8, 4) is 0 Å². The van der Waals surface area contributed by atoms with Crippen LogP contribution >= 0.6 is 22.7 Å². The van der Waals surface area contributed by atoms with Gasteiger partial charge >= 0.3 is 0 Å². The summed E-state index contributed by atoms with van der Waals surface area (Å²) in [5, 5.41) is 8.70. The predicted octanol–water partition coefficient (Wildman–Crippen LogP) is 3.56. The van der Waals surface area contributed by atoms with Crippen LogP contribution in [0.4, 0.5) is 0 Å². The van der Waals surface area contributed by atoms with Crippen molar-refractivity contribution < 1.29 is 0 Å². The Morgan fingerprint density at radius 2 is 2.26 bits per heavy atom. The number of likely N-dealkylation sites (N-methyl/N-ethyl adjacent to an activating group) is 1. The second kappa shape index (κ2) is 5.36. The molecule has 0 aliphatic carbocycles. The van der Waals surface area contributed by atoms with E-state index in [1.165, 1.54) is 10.3 Å². The highest BCUT2D eigenvalue weighted by Crippen LogP contribution is 2.24. The van der Waals surface area contributed by atoms with Gasteiger partial charge in [0.05, 0.1) is 20.9 Å². The fourth-order valence-corrected chi connectivity index (χ4v) is 3.56. The van der Waals surface area contributed by atoms with Gasteiger partial charge < -0.3 is 5.32 Å². The summed E-state index contributed by atoms with van der Waals surface area (Å²) in [5.74, 6) is 0. The smallest absolute Gasteiger partial charge is 0.0897 e. The average Bonchev–Trinajstić information content (AvgIpc) is 3.03. The molecule has 3 heterocycles. The Bertz CT molecular complexity index is 687. The summed E-state index contributed by atoms with van der Waals surface area (Å²) in [6.45, 7) is 2.04. The first-order valence-corrected chi connectivity index (χ1v) is 7.93. The second-order valence-electron chi connectivity index (χ2n) is 4.48. The molecule has 19 heavy (non-hydrogen) atoms. The van der Waals surface area contributed by atoms with Crippen LogP contribution in [0.2, 0.25) is 0 Å². The quantitative estimate of drug-likeness (QED) is 0.798. The normalized spacial score (nSPS) is 12.9. The molecule has 3 aromatic heterocycles. The third-order valence-electron chi connectivity index (χ3n) is 3.15. The minimum atomic E-state index is 0.264. The van der Waals surface area contributed by atoms with Crippen molar-refractivity contribution in [1.82, 2.24) is 15.3 Å². The minimum Gasteiger partial charge on any atom is -0.313 e.